The SMILES string of the molecule is N=C(c1ccc2ccccc2c1)c1ccccc1N. The Morgan fingerprint density at radius 3 is 2.26 bits per heavy atom. The quantitative estimate of drug-likeness (QED) is 0.524. The molecule has 2 heteroatoms. The van der Waals surface area contributed by atoms with Gasteiger partial charge in [0.2, 0.25) is 0 Å². The van der Waals surface area contributed by atoms with E-state index in [1.54, 1.807) is 0 Å². The van der Waals surface area contributed by atoms with E-state index in [4.69, 9.17) is 11.1 Å². The number of anilines is 1. The van der Waals surface area contributed by atoms with Gasteiger partial charge in [0.1, 0.15) is 0 Å². The molecule has 0 fully saturated rings. The molecule has 0 aromatic heterocycles. The highest BCUT2D eigenvalue weighted by Crippen LogP contribution is 2.20. The molecular weight excluding hydrogens is 232 g/mol. The summed E-state index contributed by atoms with van der Waals surface area (Å²) in [6, 6.07) is 21.7. The molecule has 0 aliphatic heterocycles. The molecule has 3 N–H and O–H groups in total. The maximum absolute atomic E-state index is 8.31. The second-order valence-corrected chi connectivity index (χ2v) is 4.52. The van der Waals surface area contributed by atoms with Gasteiger partial charge in [-0.3, -0.25) is 5.41 Å². The number of fused-ring (bicyclic) bond motifs is 1. The predicted molar refractivity (Wildman–Crippen MR) is 80.7 cm³/mol. The zero-order valence-electron chi connectivity index (χ0n) is 10.4. The van der Waals surface area contributed by atoms with Gasteiger partial charge in [-0.15, -0.1) is 0 Å². The Labute approximate surface area is 112 Å². The van der Waals surface area contributed by atoms with E-state index in [1.165, 1.54) is 5.39 Å². The van der Waals surface area contributed by atoms with E-state index in [0.717, 1.165) is 16.5 Å². The summed E-state index contributed by atoms with van der Waals surface area (Å²) in [5.74, 6) is 0. The number of nitrogen functional groups attached to an aromatic ring is 1. The number of hydrogen-bond acceptors (Lipinski definition) is 2. The van der Waals surface area contributed by atoms with Gasteiger partial charge in [-0.05, 0) is 22.9 Å². The van der Waals surface area contributed by atoms with Crippen LogP contribution in [0, 0.1) is 5.41 Å². The summed E-state index contributed by atoms with van der Waals surface area (Å²) >= 11 is 0. The minimum absolute atomic E-state index is 0.462. The van der Waals surface area contributed by atoms with E-state index in [9.17, 15) is 0 Å². The molecule has 19 heavy (non-hydrogen) atoms. The van der Waals surface area contributed by atoms with Crippen molar-refractivity contribution in [3.05, 3.63) is 77.9 Å². The lowest BCUT2D eigenvalue weighted by Crippen LogP contribution is -2.05. The summed E-state index contributed by atoms with van der Waals surface area (Å²) in [6.07, 6.45) is 0. The Kier molecular flexibility index (Phi) is 2.76. The fourth-order valence-electron chi connectivity index (χ4n) is 2.23. The molecule has 3 aromatic rings. The summed E-state index contributed by atoms with van der Waals surface area (Å²) in [4.78, 5) is 0. The molecule has 0 unspecified atom stereocenters. The third-order valence-corrected chi connectivity index (χ3v) is 3.27. The van der Waals surface area contributed by atoms with Crippen LogP contribution in [-0.2, 0) is 0 Å². The van der Waals surface area contributed by atoms with Crippen LogP contribution in [0.1, 0.15) is 11.1 Å². The van der Waals surface area contributed by atoms with Gasteiger partial charge < -0.3 is 5.73 Å². The van der Waals surface area contributed by atoms with Crippen LogP contribution < -0.4 is 5.73 Å². The maximum Gasteiger partial charge on any atom is 0.0705 e. The third kappa shape index (κ3) is 2.08. The Bertz CT molecular complexity index is 760. The van der Waals surface area contributed by atoms with Crippen molar-refractivity contribution < 1.29 is 0 Å². The van der Waals surface area contributed by atoms with Gasteiger partial charge in [0.25, 0.3) is 0 Å². The number of para-hydroxylation sites is 1. The Hall–Kier alpha value is -2.61. The zero-order chi connectivity index (χ0) is 13.2. The second kappa shape index (κ2) is 4.58. The maximum atomic E-state index is 8.31. The molecule has 0 aliphatic carbocycles. The molecular formula is C17H14N2. The van der Waals surface area contributed by atoms with Gasteiger partial charge in [-0.2, -0.15) is 0 Å². The van der Waals surface area contributed by atoms with Crippen LogP contribution in [0.3, 0.4) is 0 Å². The van der Waals surface area contributed by atoms with Crippen molar-refractivity contribution in [1.82, 2.24) is 0 Å². The number of benzene rings is 3. The molecule has 0 saturated carbocycles. The zero-order valence-corrected chi connectivity index (χ0v) is 10.4. The van der Waals surface area contributed by atoms with Crippen LogP contribution in [0.5, 0.6) is 0 Å². The van der Waals surface area contributed by atoms with E-state index in [2.05, 4.69) is 12.1 Å². The highest BCUT2D eigenvalue weighted by Gasteiger charge is 2.08. The molecule has 2 nitrogen and oxygen atoms in total. The van der Waals surface area contributed by atoms with Crippen molar-refractivity contribution in [2.75, 3.05) is 5.73 Å². The predicted octanol–water partition coefficient (Wildman–Crippen LogP) is 3.84. The van der Waals surface area contributed by atoms with Gasteiger partial charge in [0.05, 0.1) is 5.71 Å². The first-order chi connectivity index (χ1) is 9.25. The summed E-state index contributed by atoms with van der Waals surface area (Å²) in [6.45, 7) is 0. The number of nitrogens with one attached hydrogen (secondary N) is 1. The van der Waals surface area contributed by atoms with Crippen molar-refractivity contribution in [3.63, 3.8) is 0 Å². The normalized spacial score (nSPS) is 10.5. The average Bonchev–Trinajstić information content (AvgIpc) is 2.46. The standard InChI is InChI=1S/C17H14N2/c18-16-8-4-3-7-15(16)17(19)14-10-9-12-5-1-2-6-13(12)11-14/h1-11,19H,18H2. The van der Waals surface area contributed by atoms with E-state index in [1.807, 2.05) is 54.6 Å². The van der Waals surface area contributed by atoms with E-state index in [-0.39, 0.29) is 0 Å². The highest BCUT2D eigenvalue weighted by atomic mass is 14.6. The van der Waals surface area contributed by atoms with E-state index < -0.39 is 0 Å². The minimum Gasteiger partial charge on any atom is -0.398 e. The van der Waals surface area contributed by atoms with Crippen LogP contribution in [0.4, 0.5) is 5.69 Å². The Balaban J connectivity index is 2.09. The molecule has 0 saturated heterocycles. The van der Waals surface area contributed by atoms with E-state index in [0.29, 0.717) is 11.4 Å². The third-order valence-electron chi connectivity index (χ3n) is 3.27. The van der Waals surface area contributed by atoms with E-state index >= 15 is 0 Å². The Morgan fingerprint density at radius 1 is 0.789 bits per heavy atom. The molecule has 92 valence electrons. The fourth-order valence-corrected chi connectivity index (χ4v) is 2.23. The lowest BCUT2D eigenvalue weighted by molar-refractivity contribution is 1.46. The molecule has 0 radical (unpaired) electrons. The van der Waals surface area contributed by atoms with Crippen molar-refractivity contribution in [1.29, 1.82) is 5.41 Å². The van der Waals surface area contributed by atoms with Crippen molar-refractivity contribution in [3.8, 4) is 0 Å². The minimum atomic E-state index is 0.462. The monoisotopic (exact) mass is 246 g/mol. The molecule has 0 amide bonds. The molecule has 0 spiro atoms. The van der Waals surface area contributed by atoms with Crippen LogP contribution >= 0.6 is 0 Å². The van der Waals surface area contributed by atoms with Gasteiger partial charge in [-0.25, -0.2) is 0 Å². The molecule has 0 aliphatic rings. The molecule has 3 rings (SSSR count). The van der Waals surface area contributed by atoms with Crippen molar-refractivity contribution in [2.45, 2.75) is 0 Å². The van der Waals surface area contributed by atoms with Crippen LogP contribution in [0.25, 0.3) is 10.8 Å². The largest absolute Gasteiger partial charge is 0.398 e. The summed E-state index contributed by atoms with van der Waals surface area (Å²) in [5.41, 5.74) is 8.69. The summed E-state index contributed by atoms with van der Waals surface area (Å²) < 4.78 is 0. The lowest BCUT2D eigenvalue weighted by Gasteiger charge is -2.08. The first-order valence-corrected chi connectivity index (χ1v) is 6.18. The highest BCUT2D eigenvalue weighted by molar-refractivity contribution is 6.14. The summed E-state index contributed by atoms with van der Waals surface area (Å²) in [7, 11) is 0. The first-order valence-electron chi connectivity index (χ1n) is 6.18. The van der Waals surface area contributed by atoms with Crippen LogP contribution in [0.15, 0.2) is 66.7 Å². The smallest absolute Gasteiger partial charge is 0.0705 e. The molecule has 3 aromatic carbocycles. The summed E-state index contributed by atoms with van der Waals surface area (Å²) in [5, 5.41) is 10.6. The second-order valence-electron chi connectivity index (χ2n) is 4.52. The van der Waals surface area contributed by atoms with Gasteiger partial charge >= 0.3 is 0 Å². The lowest BCUT2D eigenvalue weighted by atomic mass is 9.98. The number of nitrogens with two attached hydrogens (primary N) is 1. The topological polar surface area (TPSA) is 49.9 Å². The van der Waals surface area contributed by atoms with Gasteiger partial charge in [0.15, 0.2) is 0 Å². The molecule has 0 bridgehead atoms. The van der Waals surface area contributed by atoms with Gasteiger partial charge in [0, 0.05) is 16.8 Å². The van der Waals surface area contributed by atoms with Crippen molar-refractivity contribution in [2.24, 2.45) is 0 Å². The Morgan fingerprint density at radius 2 is 1.47 bits per heavy atom. The molecule has 0 atom stereocenters. The van der Waals surface area contributed by atoms with Crippen molar-refractivity contribution >= 4 is 22.2 Å². The molecule has 0 heterocycles. The fraction of sp³-hybridized carbons (Fsp3) is 0. The first kappa shape index (κ1) is 11.5. The number of rotatable bonds is 2. The average molecular weight is 246 g/mol. The number of hydrogen-bond donors (Lipinski definition) is 2. The van der Waals surface area contributed by atoms with Crippen LogP contribution in [-0.4, -0.2) is 5.71 Å². The van der Waals surface area contributed by atoms with Crippen LogP contribution in [0.2, 0.25) is 0 Å². The van der Waals surface area contributed by atoms with Gasteiger partial charge in [-0.1, -0.05) is 54.6 Å².